The summed E-state index contributed by atoms with van der Waals surface area (Å²) in [6.07, 6.45) is 1.65. The quantitative estimate of drug-likeness (QED) is 0.439. The molecule has 0 unspecified atom stereocenters. The Bertz CT molecular complexity index is 934. The number of piperazine rings is 1. The highest BCUT2D eigenvalue weighted by Gasteiger charge is 2.20. The van der Waals surface area contributed by atoms with Gasteiger partial charge in [-0.15, -0.1) is 0 Å². The van der Waals surface area contributed by atoms with Crippen LogP contribution in [0.25, 0.3) is 10.9 Å². The molecule has 2 heterocycles. The Morgan fingerprint density at radius 3 is 2.21 bits per heavy atom. The lowest BCUT2D eigenvalue weighted by molar-refractivity contribution is 0.380. The standard InChI is InChI=1S/C15H19N5S.C6H6O2/c1-2-16-15(21)20-9-7-19(8-10-20)14-12-5-3-4-6-13(12)17-11-18-14;7-5-3-1-2-4-6(5)8/h3-6,11H,2,7-10H2,1H3,(H,16,21);1-4,7-8H. The Balaban J connectivity index is 0.000000252. The number of thiocarbonyl (C=S) groups is 1. The molecule has 29 heavy (non-hydrogen) atoms. The van der Waals surface area contributed by atoms with Crippen molar-refractivity contribution in [1.29, 1.82) is 0 Å². The van der Waals surface area contributed by atoms with Crippen molar-refractivity contribution in [2.24, 2.45) is 0 Å². The smallest absolute Gasteiger partial charge is 0.169 e. The number of fused-ring (bicyclic) bond motifs is 1. The van der Waals surface area contributed by atoms with E-state index in [0.717, 1.165) is 54.6 Å². The number of hydrogen-bond acceptors (Lipinski definition) is 6. The molecule has 152 valence electrons. The molecule has 1 fully saturated rings. The summed E-state index contributed by atoms with van der Waals surface area (Å²) >= 11 is 5.38. The third-order valence-electron chi connectivity index (χ3n) is 4.60. The second-order valence-corrected chi connectivity index (χ2v) is 6.90. The van der Waals surface area contributed by atoms with E-state index < -0.39 is 0 Å². The largest absolute Gasteiger partial charge is 0.504 e. The van der Waals surface area contributed by atoms with E-state index in [1.165, 1.54) is 12.1 Å². The maximum absolute atomic E-state index is 8.67. The molecule has 0 spiro atoms. The molecule has 1 aliphatic heterocycles. The molecule has 0 amide bonds. The number of anilines is 1. The van der Waals surface area contributed by atoms with Crippen LogP contribution in [0.15, 0.2) is 54.9 Å². The van der Waals surface area contributed by atoms with Crippen LogP contribution >= 0.6 is 12.2 Å². The molecule has 3 N–H and O–H groups in total. The summed E-state index contributed by atoms with van der Waals surface area (Å²) in [7, 11) is 0. The maximum atomic E-state index is 8.67. The summed E-state index contributed by atoms with van der Waals surface area (Å²) in [5, 5.41) is 22.5. The van der Waals surface area contributed by atoms with Crippen LogP contribution in [0.2, 0.25) is 0 Å². The van der Waals surface area contributed by atoms with Crippen molar-refractivity contribution in [3.63, 3.8) is 0 Å². The molecule has 0 bridgehead atoms. The normalized spacial score (nSPS) is 13.6. The molecular weight excluding hydrogens is 386 g/mol. The van der Waals surface area contributed by atoms with E-state index in [1.54, 1.807) is 18.5 Å². The first-order valence-electron chi connectivity index (χ1n) is 9.54. The first-order chi connectivity index (χ1) is 14.1. The van der Waals surface area contributed by atoms with Gasteiger partial charge >= 0.3 is 0 Å². The minimum Gasteiger partial charge on any atom is -0.504 e. The lowest BCUT2D eigenvalue weighted by Gasteiger charge is -2.37. The zero-order chi connectivity index (χ0) is 20.6. The van der Waals surface area contributed by atoms with Crippen molar-refractivity contribution in [2.75, 3.05) is 37.6 Å². The number of aromatic nitrogens is 2. The second kappa shape index (κ2) is 9.88. The number of para-hydroxylation sites is 3. The fourth-order valence-electron chi connectivity index (χ4n) is 3.09. The van der Waals surface area contributed by atoms with Crippen molar-refractivity contribution >= 4 is 34.1 Å². The third kappa shape index (κ3) is 5.23. The lowest BCUT2D eigenvalue weighted by Crippen LogP contribution is -2.52. The van der Waals surface area contributed by atoms with E-state index in [-0.39, 0.29) is 11.5 Å². The number of phenols is 2. The van der Waals surface area contributed by atoms with E-state index in [1.807, 2.05) is 18.2 Å². The van der Waals surface area contributed by atoms with Crippen LogP contribution < -0.4 is 10.2 Å². The molecule has 1 saturated heterocycles. The number of rotatable bonds is 2. The van der Waals surface area contributed by atoms with E-state index in [2.05, 4.69) is 38.1 Å². The maximum Gasteiger partial charge on any atom is 0.169 e. The summed E-state index contributed by atoms with van der Waals surface area (Å²) in [5.41, 5.74) is 0.994. The molecule has 1 aromatic heterocycles. The van der Waals surface area contributed by atoms with Gasteiger partial charge < -0.3 is 25.3 Å². The van der Waals surface area contributed by atoms with Gasteiger partial charge in [-0.3, -0.25) is 0 Å². The van der Waals surface area contributed by atoms with E-state index >= 15 is 0 Å². The average Bonchev–Trinajstić information content (AvgIpc) is 2.76. The highest BCUT2D eigenvalue weighted by molar-refractivity contribution is 7.80. The molecule has 0 radical (unpaired) electrons. The number of hydrogen-bond donors (Lipinski definition) is 3. The Morgan fingerprint density at radius 1 is 0.966 bits per heavy atom. The van der Waals surface area contributed by atoms with Gasteiger partial charge in [-0.05, 0) is 43.4 Å². The Kier molecular flexibility index (Phi) is 7.02. The summed E-state index contributed by atoms with van der Waals surface area (Å²) in [6, 6.07) is 14.3. The van der Waals surface area contributed by atoms with Gasteiger partial charge in [0.2, 0.25) is 0 Å². The number of phenolic OH excluding ortho intramolecular Hbond substituents is 2. The van der Waals surface area contributed by atoms with Crippen molar-refractivity contribution in [3.05, 3.63) is 54.9 Å². The Morgan fingerprint density at radius 2 is 1.59 bits per heavy atom. The highest BCUT2D eigenvalue weighted by atomic mass is 32.1. The van der Waals surface area contributed by atoms with Crippen LogP contribution in [0.4, 0.5) is 5.82 Å². The molecule has 3 aromatic rings. The predicted molar refractivity (Wildman–Crippen MR) is 119 cm³/mol. The van der Waals surface area contributed by atoms with Gasteiger partial charge in [0.15, 0.2) is 16.6 Å². The van der Waals surface area contributed by atoms with Crippen LogP contribution in [0, 0.1) is 0 Å². The van der Waals surface area contributed by atoms with Crippen molar-refractivity contribution in [1.82, 2.24) is 20.2 Å². The topological polar surface area (TPSA) is 84.8 Å². The van der Waals surface area contributed by atoms with Gasteiger partial charge in [0.05, 0.1) is 5.52 Å². The second-order valence-electron chi connectivity index (χ2n) is 6.51. The molecule has 1 aliphatic rings. The van der Waals surface area contributed by atoms with E-state index in [9.17, 15) is 0 Å². The summed E-state index contributed by atoms with van der Waals surface area (Å²) in [4.78, 5) is 13.3. The van der Waals surface area contributed by atoms with E-state index in [0.29, 0.717) is 0 Å². The summed E-state index contributed by atoms with van der Waals surface area (Å²) in [6.45, 7) is 6.62. The first kappa shape index (κ1) is 20.6. The van der Waals surface area contributed by atoms with Gasteiger partial charge in [0.1, 0.15) is 12.1 Å². The average molecular weight is 412 g/mol. The van der Waals surface area contributed by atoms with E-state index in [4.69, 9.17) is 22.4 Å². The molecule has 8 heteroatoms. The summed E-state index contributed by atoms with van der Waals surface area (Å²) < 4.78 is 0. The minimum absolute atomic E-state index is 0.0764. The number of benzene rings is 2. The Labute approximate surface area is 175 Å². The third-order valence-corrected chi connectivity index (χ3v) is 5.00. The Hall–Kier alpha value is -3.13. The van der Waals surface area contributed by atoms with Crippen molar-refractivity contribution in [2.45, 2.75) is 6.92 Å². The van der Waals surface area contributed by atoms with Crippen LogP contribution in [-0.2, 0) is 0 Å². The van der Waals surface area contributed by atoms with Crippen LogP contribution in [0.5, 0.6) is 11.5 Å². The van der Waals surface area contributed by atoms with Gasteiger partial charge in [-0.2, -0.15) is 0 Å². The molecule has 0 atom stereocenters. The van der Waals surface area contributed by atoms with Gasteiger partial charge in [0, 0.05) is 38.1 Å². The first-order valence-corrected chi connectivity index (χ1v) is 9.95. The molecule has 2 aromatic carbocycles. The SMILES string of the molecule is CCNC(=S)N1CCN(c2ncnc3ccccc23)CC1.Oc1ccccc1O. The molecule has 0 saturated carbocycles. The fraction of sp³-hybridized carbons (Fsp3) is 0.286. The summed E-state index contributed by atoms with van der Waals surface area (Å²) in [5.74, 6) is 0.870. The van der Waals surface area contributed by atoms with Crippen LogP contribution in [0.1, 0.15) is 6.92 Å². The number of nitrogens with one attached hydrogen (secondary N) is 1. The number of aromatic hydroxyl groups is 2. The minimum atomic E-state index is -0.0764. The van der Waals surface area contributed by atoms with Gasteiger partial charge in [-0.1, -0.05) is 24.3 Å². The predicted octanol–water partition coefficient (Wildman–Crippen LogP) is 2.74. The van der Waals surface area contributed by atoms with Gasteiger partial charge in [0.25, 0.3) is 0 Å². The fourth-order valence-corrected chi connectivity index (χ4v) is 3.42. The van der Waals surface area contributed by atoms with Crippen LogP contribution in [-0.4, -0.2) is 62.9 Å². The monoisotopic (exact) mass is 411 g/mol. The number of nitrogens with zero attached hydrogens (tertiary/aromatic N) is 4. The van der Waals surface area contributed by atoms with Crippen molar-refractivity contribution < 1.29 is 10.2 Å². The zero-order valence-electron chi connectivity index (χ0n) is 16.3. The highest BCUT2D eigenvalue weighted by Crippen LogP contribution is 2.23. The molecule has 0 aliphatic carbocycles. The molecule has 7 nitrogen and oxygen atoms in total. The van der Waals surface area contributed by atoms with Crippen molar-refractivity contribution in [3.8, 4) is 11.5 Å². The zero-order valence-corrected chi connectivity index (χ0v) is 17.1. The molecular formula is C21H25N5O2S. The van der Waals surface area contributed by atoms with Gasteiger partial charge in [-0.25, -0.2) is 9.97 Å². The lowest BCUT2D eigenvalue weighted by atomic mass is 10.2. The molecule has 4 rings (SSSR count). The van der Waals surface area contributed by atoms with Crippen LogP contribution in [0.3, 0.4) is 0 Å².